The van der Waals surface area contributed by atoms with Crippen LogP contribution in [0.4, 0.5) is 17.1 Å². The summed E-state index contributed by atoms with van der Waals surface area (Å²) in [4.78, 5) is 2.44. The van der Waals surface area contributed by atoms with E-state index in [1.165, 1.54) is 55.6 Å². The second-order valence-electron chi connectivity index (χ2n) is 15.3. The summed E-state index contributed by atoms with van der Waals surface area (Å²) in [5.74, 6) is 0. The standard InChI is InChI=1S/C52H37NO/c1-51(2)45-22-12-9-19-39(45)41-28-26-37(32-47(41)51)53(36-17-7-4-8-18-36)38-27-29-42-40-20-10-13-23-46(40)52(48(42)33-38,34-15-5-3-6-16-34)35-25-30-50-44(31-35)43-21-11-14-24-49(43)54-50/h3-33H,1-2H3. The van der Waals surface area contributed by atoms with Crippen molar-refractivity contribution in [1.82, 2.24) is 0 Å². The van der Waals surface area contributed by atoms with E-state index < -0.39 is 5.41 Å². The highest BCUT2D eigenvalue weighted by Crippen LogP contribution is 2.58. The molecule has 2 aliphatic carbocycles. The highest BCUT2D eigenvalue weighted by atomic mass is 16.3. The van der Waals surface area contributed by atoms with Gasteiger partial charge in [-0.05, 0) is 110 Å². The minimum absolute atomic E-state index is 0.109. The van der Waals surface area contributed by atoms with Crippen LogP contribution in [-0.2, 0) is 10.8 Å². The number of benzene rings is 8. The Balaban J connectivity index is 1.18. The summed E-state index contributed by atoms with van der Waals surface area (Å²) >= 11 is 0. The summed E-state index contributed by atoms with van der Waals surface area (Å²) in [7, 11) is 0. The van der Waals surface area contributed by atoms with Crippen LogP contribution < -0.4 is 4.90 Å². The topological polar surface area (TPSA) is 16.4 Å². The Labute approximate surface area is 315 Å². The predicted octanol–water partition coefficient (Wildman–Crippen LogP) is 13.7. The molecule has 0 saturated heterocycles. The van der Waals surface area contributed by atoms with Crippen LogP contribution in [0.5, 0.6) is 0 Å². The molecule has 0 radical (unpaired) electrons. The van der Waals surface area contributed by atoms with Crippen LogP contribution >= 0.6 is 0 Å². The van der Waals surface area contributed by atoms with E-state index in [0.29, 0.717) is 0 Å². The molecule has 54 heavy (non-hydrogen) atoms. The smallest absolute Gasteiger partial charge is 0.135 e. The molecule has 0 fully saturated rings. The van der Waals surface area contributed by atoms with E-state index in [0.717, 1.165) is 39.0 Å². The fourth-order valence-corrected chi connectivity index (χ4v) is 9.70. The zero-order valence-electron chi connectivity index (χ0n) is 30.3. The minimum Gasteiger partial charge on any atom is -0.456 e. The molecule has 0 spiro atoms. The van der Waals surface area contributed by atoms with Gasteiger partial charge in [-0.15, -0.1) is 0 Å². The summed E-state index contributed by atoms with van der Waals surface area (Å²) in [6, 6.07) is 69.1. The van der Waals surface area contributed by atoms with Crippen LogP contribution in [-0.4, -0.2) is 0 Å². The number of anilines is 3. The Kier molecular flexibility index (Phi) is 6.55. The van der Waals surface area contributed by atoms with E-state index in [2.05, 4.69) is 201 Å². The maximum atomic E-state index is 6.36. The number of fused-ring (bicyclic) bond motifs is 9. The van der Waals surface area contributed by atoms with E-state index in [-0.39, 0.29) is 5.41 Å². The van der Waals surface area contributed by atoms with Crippen LogP contribution in [0.3, 0.4) is 0 Å². The molecular weight excluding hydrogens is 655 g/mol. The third-order valence-electron chi connectivity index (χ3n) is 12.1. The fraction of sp³-hybridized carbons (Fsp3) is 0.0769. The van der Waals surface area contributed by atoms with Gasteiger partial charge in [0.2, 0.25) is 0 Å². The van der Waals surface area contributed by atoms with Gasteiger partial charge in [0, 0.05) is 33.2 Å². The molecule has 2 heteroatoms. The molecule has 0 amide bonds. The molecule has 2 aliphatic rings. The number of para-hydroxylation sites is 2. The van der Waals surface area contributed by atoms with Gasteiger partial charge in [0.1, 0.15) is 11.2 Å². The average molecular weight is 692 g/mol. The number of furan rings is 1. The first-order valence-corrected chi connectivity index (χ1v) is 18.8. The molecule has 0 aliphatic heterocycles. The van der Waals surface area contributed by atoms with Gasteiger partial charge in [-0.3, -0.25) is 0 Å². The summed E-state index contributed by atoms with van der Waals surface area (Å²) in [6.45, 7) is 4.71. The lowest BCUT2D eigenvalue weighted by Gasteiger charge is -2.35. The molecule has 8 aromatic carbocycles. The molecule has 1 aromatic heterocycles. The number of rotatable bonds is 5. The predicted molar refractivity (Wildman–Crippen MR) is 223 cm³/mol. The van der Waals surface area contributed by atoms with Crippen LogP contribution in [0.1, 0.15) is 47.2 Å². The Morgan fingerprint density at radius 2 is 0.926 bits per heavy atom. The Hall–Kier alpha value is -6.64. The van der Waals surface area contributed by atoms with Crippen molar-refractivity contribution in [2.45, 2.75) is 24.7 Å². The number of nitrogens with zero attached hydrogens (tertiary/aromatic N) is 1. The SMILES string of the molecule is CC1(C)c2ccccc2-c2ccc(N(c3ccccc3)c3ccc4c(c3)C(c3ccccc3)(c3ccc5oc6ccccc6c5c3)c3ccccc3-4)cc21. The second kappa shape index (κ2) is 11.4. The van der Waals surface area contributed by atoms with Crippen molar-refractivity contribution in [1.29, 1.82) is 0 Å². The summed E-state index contributed by atoms with van der Waals surface area (Å²) in [5.41, 5.74) is 17.5. The van der Waals surface area contributed by atoms with Crippen molar-refractivity contribution >= 4 is 39.0 Å². The summed E-state index contributed by atoms with van der Waals surface area (Å²) < 4.78 is 6.36. The fourth-order valence-electron chi connectivity index (χ4n) is 9.70. The molecule has 11 rings (SSSR count). The van der Waals surface area contributed by atoms with Gasteiger partial charge < -0.3 is 9.32 Å². The van der Waals surface area contributed by atoms with Crippen LogP contribution in [0.2, 0.25) is 0 Å². The molecule has 1 atom stereocenters. The van der Waals surface area contributed by atoms with E-state index >= 15 is 0 Å². The molecule has 0 N–H and O–H groups in total. The lowest BCUT2D eigenvalue weighted by molar-refractivity contribution is 0.660. The third kappa shape index (κ3) is 4.22. The second-order valence-corrected chi connectivity index (χ2v) is 15.3. The van der Waals surface area contributed by atoms with E-state index in [1.54, 1.807) is 0 Å². The van der Waals surface area contributed by atoms with Gasteiger partial charge in [-0.2, -0.15) is 0 Å². The van der Waals surface area contributed by atoms with E-state index in [1.807, 2.05) is 6.07 Å². The molecule has 0 bridgehead atoms. The highest BCUT2D eigenvalue weighted by Gasteiger charge is 2.46. The first-order chi connectivity index (χ1) is 26.5. The Morgan fingerprint density at radius 3 is 1.69 bits per heavy atom. The third-order valence-corrected chi connectivity index (χ3v) is 12.1. The first kappa shape index (κ1) is 30.9. The van der Waals surface area contributed by atoms with E-state index in [9.17, 15) is 0 Å². The molecule has 256 valence electrons. The number of hydrogen-bond donors (Lipinski definition) is 0. The largest absolute Gasteiger partial charge is 0.456 e. The van der Waals surface area contributed by atoms with Gasteiger partial charge in [0.15, 0.2) is 0 Å². The van der Waals surface area contributed by atoms with Gasteiger partial charge in [0.05, 0.1) is 5.41 Å². The zero-order chi connectivity index (χ0) is 36.0. The van der Waals surface area contributed by atoms with Gasteiger partial charge in [-0.1, -0.05) is 147 Å². The molecule has 2 nitrogen and oxygen atoms in total. The van der Waals surface area contributed by atoms with Crippen LogP contribution in [0.15, 0.2) is 192 Å². The maximum Gasteiger partial charge on any atom is 0.135 e. The van der Waals surface area contributed by atoms with Crippen molar-refractivity contribution < 1.29 is 4.42 Å². The molecule has 1 unspecified atom stereocenters. The Morgan fingerprint density at radius 1 is 0.370 bits per heavy atom. The molecule has 1 heterocycles. The normalized spacial score (nSPS) is 16.2. The monoisotopic (exact) mass is 691 g/mol. The van der Waals surface area contributed by atoms with Crippen molar-refractivity contribution in [3.05, 3.63) is 221 Å². The zero-order valence-corrected chi connectivity index (χ0v) is 30.3. The van der Waals surface area contributed by atoms with Gasteiger partial charge >= 0.3 is 0 Å². The minimum atomic E-state index is -0.570. The lowest BCUT2D eigenvalue weighted by atomic mass is 9.67. The van der Waals surface area contributed by atoms with Crippen molar-refractivity contribution in [3.8, 4) is 22.3 Å². The molecule has 0 saturated carbocycles. The average Bonchev–Trinajstić information content (AvgIpc) is 3.82. The maximum absolute atomic E-state index is 6.36. The van der Waals surface area contributed by atoms with Gasteiger partial charge in [-0.25, -0.2) is 0 Å². The Bertz CT molecular complexity index is 2920. The molecule has 9 aromatic rings. The summed E-state index contributed by atoms with van der Waals surface area (Å²) in [5, 5.41) is 2.27. The van der Waals surface area contributed by atoms with Crippen molar-refractivity contribution in [2.75, 3.05) is 4.90 Å². The molecular formula is C52H37NO. The van der Waals surface area contributed by atoms with Gasteiger partial charge in [0.25, 0.3) is 0 Å². The van der Waals surface area contributed by atoms with Crippen LogP contribution in [0, 0.1) is 0 Å². The number of hydrogen-bond acceptors (Lipinski definition) is 2. The van der Waals surface area contributed by atoms with Crippen LogP contribution in [0.25, 0.3) is 44.2 Å². The lowest BCUT2D eigenvalue weighted by Crippen LogP contribution is -2.28. The first-order valence-electron chi connectivity index (χ1n) is 18.8. The summed E-state index contributed by atoms with van der Waals surface area (Å²) in [6.07, 6.45) is 0. The van der Waals surface area contributed by atoms with Crippen molar-refractivity contribution in [3.63, 3.8) is 0 Å². The van der Waals surface area contributed by atoms with E-state index in [4.69, 9.17) is 4.42 Å². The quantitative estimate of drug-likeness (QED) is 0.179. The van der Waals surface area contributed by atoms with Crippen molar-refractivity contribution in [2.24, 2.45) is 0 Å². The highest BCUT2D eigenvalue weighted by molar-refractivity contribution is 6.05.